The molecule has 0 unspecified atom stereocenters. The number of hydrogen-bond donors (Lipinski definition) is 2. The number of likely N-dealkylation sites (N-methyl/N-ethyl adjacent to an activating group) is 1. The van der Waals surface area contributed by atoms with E-state index in [0.717, 1.165) is 49.9 Å². The van der Waals surface area contributed by atoms with E-state index in [9.17, 15) is 0 Å². The van der Waals surface area contributed by atoms with Gasteiger partial charge in [0, 0.05) is 52.5 Å². The summed E-state index contributed by atoms with van der Waals surface area (Å²) >= 11 is 0. The van der Waals surface area contributed by atoms with Crippen LogP contribution in [0.4, 0.5) is 0 Å². The van der Waals surface area contributed by atoms with Gasteiger partial charge in [0.15, 0.2) is 5.96 Å². The predicted molar refractivity (Wildman–Crippen MR) is 95.2 cm³/mol. The van der Waals surface area contributed by atoms with Crippen molar-refractivity contribution in [2.45, 2.75) is 13.0 Å². The van der Waals surface area contributed by atoms with Gasteiger partial charge in [-0.3, -0.25) is 4.99 Å². The van der Waals surface area contributed by atoms with Crippen molar-refractivity contribution in [3.8, 4) is 5.75 Å². The molecule has 130 valence electrons. The summed E-state index contributed by atoms with van der Waals surface area (Å²) in [5.41, 5.74) is 1.11. The maximum Gasteiger partial charge on any atom is 0.191 e. The molecule has 1 rings (SSSR count). The fourth-order valence-electron chi connectivity index (χ4n) is 2.20. The van der Waals surface area contributed by atoms with E-state index in [4.69, 9.17) is 9.47 Å². The second-order valence-electron chi connectivity index (χ2n) is 5.31. The Morgan fingerprint density at radius 3 is 2.65 bits per heavy atom. The van der Waals surface area contributed by atoms with E-state index >= 15 is 0 Å². The van der Waals surface area contributed by atoms with Gasteiger partial charge in [0.25, 0.3) is 0 Å². The molecule has 0 aliphatic heterocycles. The molecule has 0 fully saturated rings. The third-order valence-electron chi connectivity index (χ3n) is 3.54. The number of hydrogen-bond acceptors (Lipinski definition) is 4. The minimum Gasteiger partial charge on any atom is -0.496 e. The van der Waals surface area contributed by atoms with E-state index in [1.807, 2.05) is 24.3 Å². The molecule has 0 radical (unpaired) electrons. The predicted octanol–water partition coefficient (Wildman–Crippen LogP) is 1.33. The molecule has 6 heteroatoms. The minimum absolute atomic E-state index is 0.674. The summed E-state index contributed by atoms with van der Waals surface area (Å²) in [6.07, 6.45) is 1.05. The van der Waals surface area contributed by atoms with Crippen molar-refractivity contribution in [3.05, 3.63) is 29.8 Å². The summed E-state index contributed by atoms with van der Waals surface area (Å²) in [5, 5.41) is 6.63. The average Bonchev–Trinajstić information content (AvgIpc) is 2.58. The van der Waals surface area contributed by atoms with Gasteiger partial charge >= 0.3 is 0 Å². The Balaban J connectivity index is 2.29. The Kier molecular flexibility index (Phi) is 9.83. The molecule has 6 nitrogen and oxygen atoms in total. The van der Waals surface area contributed by atoms with Gasteiger partial charge in [-0.1, -0.05) is 18.2 Å². The van der Waals surface area contributed by atoms with Crippen molar-refractivity contribution in [1.82, 2.24) is 15.5 Å². The SMILES string of the molecule is CN=C(NCCN(C)CCCOC)NCc1ccccc1OC. The lowest BCUT2D eigenvalue weighted by atomic mass is 10.2. The number of methoxy groups -OCH3 is 2. The minimum atomic E-state index is 0.674. The average molecular weight is 322 g/mol. The molecule has 0 bridgehead atoms. The fourth-order valence-corrected chi connectivity index (χ4v) is 2.20. The molecule has 0 spiro atoms. The Hall–Kier alpha value is -1.79. The van der Waals surface area contributed by atoms with Crippen LogP contribution in [0.15, 0.2) is 29.3 Å². The second kappa shape index (κ2) is 11.7. The van der Waals surface area contributed by atoms with Crippen LogP contribution < -0.4 is 15.4 Å². The number of para-hydroxylation sites is 1. The first kappa shape index (κ1) is 19.3. The quantitative estimate of drug-likeness (QED) is 0.387. The first-order valence-corrected chi connectivity index (χ1v) is 7.95. The lowest BCUT2D eigenvalue weighted by Crippen LogP contribution is -2.40. The van der Waals surface area contributed by atoms with Crippen LogP contribution in [0.25, 0.3) is 0 Å². The van der Waals surface area contributed by atoms with Gasteiger partial charge in [-0.15, -0.1) is 0 Å². The van der Waals surface area contributed by atoms with E-state index in [1.165, 1.54) is 0 Å². The topological polar surface area (TPSA) is 58.1 Å². The smallest absolute Gasteiger partial charge is 0.191 e. The molecular formula is C17H30N4O2. The van der Waals surface area contributed by atoms with Gasteiger partial charge in [-0.2, -0.15) is 0 Å². The van der Waals surface area contributed by atoms with E-state index in [2.05, 4.69) is 27.6 Å². The monoisotopic (exact) mass is 322 g/mol. The summed E-state index contributed by atoms with van der Waals surface area (Å²) in [7, 11) is 7.31. The largest absolute Gasteiger partial charge is 0.496 e. The van der Waals surface area contributed by atoms with Crippen LogP contribution in [-0.2, 0) is 11.3 Å². The lowest BCUT2D eigenvalue weighted by Gasteiger charge is -2.18. The lowest BCUT2D eigenvalue weighted by molar-refractivity contribution is 0.180. The van der Waals surface area contributed by atoms with Gasteiger partial charge in [0.2, 0.25) is 0 Å². The number of aliphatic imine (C=N–C) groups is 1. The molecule has 0 saturated heterocycles. The Morgan fingerprint density at radius 1 is 1.17 bits per heavy atom. The number of benzene rings is 1. The molecule has 0 amide bonds. The highest BCUT2D eigenvalue weighted by atomic mass is 16.5. The summed E-state index contributed by atoms with van der Waals surface area (Å²) < 4.78 is 10.4. The molecule has 1 aromatic carbocycles. The van der Waals surface area contributed by atoms with Crippen LogP contribution in [-0.4, -0.2) is 65.4 Å². The zero-order chi connectivity index (χ0) is 16.9. The molecule has 0 aliphatic carbocycles. The zero-order valence-corrected chi connectivity index (χ0v) is 14.8. The van der Waals surface area contributed by atoms with Crippen LogP contribution in [0.1, 0.15) is 12.0 Å². The van der Waals surface area contributed by atoms with Crippen molar-refractivity contribution in [2.75, 3.05) is 54.6 Å². The number of guanidine groups is 1. The Morgan fingerprint density at radius 2 is 1.96 bits per heavy atom. The number of nitrogens with zero attached hydrogens (tertiary/aromatic N) is 2. The van der Waals surface area contributed by atoms with Crippen LogP contribution in [0.2, 0.25) is 0 Å². The van der Waals surface area contributed by atoms with Crippen molar-refractivity contribution < 1.29 is 9.47 Å². The molecule has 0 saturated carbocycles. The first-order valence-electron chi connectivity index (χ1n) is 7.95. The van der Waals surface area contributed by atoms with Crippen molar-refractivity contribution >= 4 is 5.96 Å². The summed E-state index contributed by atoms with van der Waals surface area (Å²) in [6, 6.07) is 7.98. The normalized spacial score (nSPS) is 11.6. The first-order chi connectivity index (χ1) is 11.2. The van der Waals surface area contributed by atoms with Crippen LogP contribution in [0.5, 0.6) is 5.75 Å². The van der Waals surface area contributed by atoms with Crippen molar-refractivity contribution in [1.29, 1.82) is 0 Å². The maximum absolute atomic E-state index is 5.35. The number of rotatable bonds is 10. The molecule has 2 N–H and O–H groups in total. The van der Waals surface area contributed by atoms with Gasteiger partial charge in [0.1, 0.15) is 5.75 Å². The third-order valence-corrected chi connectivity index (χ3v) is 3.54. The van der Waals surface area contributed by atoms with E-state index in [1.54, 1.807) is 21.3 Å². The van der Waals surface area contributed by atoms with Crippen LogP contribution >= 0.6 is 0 Å². The summed E-state index contributed by atoms with van der Waals surface area (Å²) in [6.45, 7) is 4.31. The van der Waals surface area contributed by atoms with Gasteiger partial charge < -0.3 is 25.0 Å². The van der Waals surface area contributed by atoms with Gasteiger partial charge in [-0.05, 0) is 19.5 Å². The van der Waals surface area contributed by atoms with Crippen molar-refractivity contribution in [3.63, 3.8) is 0 Å². The summed E-state index contributed by atoms with van der Waals surface area (Å²) in [4.78, 5) is 6.52. The molecule has 1 aromatic rings. The van der Waals surface area contributed by atoms with Crippen LogP contribution in [0.3, 0.4) is 0 Å². The fraction of sp³-hybridized carbons (Fsp3) is 0.588. The molecule has 23 heavy (non-hydrogen) atoms. The van der Waals surface area contributed by atoms with Gasteiger partial charge in [0.05, 0.1) is 7.11 Å². The molecule has 0 aliphatic rings. The van der Waals surface area contributed by atoms with E-state index in [0.29, 0.717) is 6.54 Å². The zero-order valence-electron chi connectivity index (χ0n) is 14.8. The number of nitrogens with one attached hydrogen (secondary N) is 2. The van der Waals surface area contributed by atoms with Crippen molar-refractivity contribution in [2.24, 2.45) is 4.99 Å². The molecule has 0 atom stereocenters. The van der Waals surface area contributed by atoms with Crippen LogP contribution in [0, 0.1) is 0 Å². The van der Waals surface area contributed by atoms with Gasteiger partial charge in [-0.25, -0.2) is 0 Å². The Labute approximate surface area is 139 Å². The van der Waals surface area contributed by atoms with E-state index < -0.39 is 0 Å². The highest BCUT2D eigenvalue weighted by Crippen LogP contribution is 2.16. The summed E-state index contributed by atoms with van der Waals surface area (Å²) in [5.74, 6) is 1.68. The maximum atomic E-state index is 5.35. The molecular weight excluding hydrogens is 292 g/mol. The Bertz CT molecular complexity index is 466. The molecule has 0 heterocycles. The second-order valence-corrected chi connectivity index (χ2v) is 5.31. The molecule has 0 aromatic heterocycles. The third kappa shape index (κ3) is 7.85. The standard InChI is InChI=1S/C17H30N4O2/c1-18-17(19-10-12-21(2)11-7-13-22-3)20-14-15-8-5-6-9-16(15)23-4/h5-6,8-9H,7,10-14H2,1-4H3,(H2,18,19,20). The number of ether oxygens (including phenoxy) is 2. The highest BCUT2D eigenvalue weighted by Gasteiger charge is 2.04. The van der Waals surface area contributed by atoms with E-state index in [-0.39, 0.29) is 0 Å². The highest BCUT2D eigenvalue weighted by molar-refractivity contribution is 5.79.